The third-order valence-electron chi connectivity index (χ3n) is 1.69. The van der Waals surface area contributed by atoms with Gasteiger partial charge >= 0.3 is 0 Å². The lowest BCUT2D eigenvalue weighted by molar-refractivity contribution is 0.112. The molecule has 76 valence electrons. The Bertz CT molecular complexity index is 357. The molecule has 0 saturated carbocycles. The highest BCUT2D eigenvalue weighted by Crippen LogP contribution is 2.28. The van der Waals surface area contributed by atoms with E-state index in [0.29, 0.717) is 6.29 Å². The summed E-state index contributed by atoms with van der Waals surface area (Å²) in [5.41, 5.74) is -0.896. The molecule has 0 bridgehead atoms. The van der Waals surface area contributed by atoms with Gasteiger partial charge in [-0.2, -0.15) is 4.39 Å². The van der Waals surface area contributed by atoms with Crippen molar-refractivity contribution in [1.82, 2.24) is 4.98 Å². The van der Waals surface area contributed by atoms with Crippen molar-refractivity contribution in [2.45, 2.75) is 11.8 Å². The Balaban J connectivity index is 3.42. The molecule has 6 heteroatoms. The number of hydrogen-bond acceptors (Lipinski definition) is 2. The van der Waals surface area contributed by atoms with E-state index in [-0.39, 0.29) is 16.5 Å². The standard InChI is InChI=1S/C8H5BrF3NO/c9-1-5-4(3-14)2-13-8(12)6(5)7(10)11/h2-3,7H,1H2. The maximum atomic E-state index is 12.9. The maximum absolute atomic E-state index is 12.9. The van der Waals surface area contributed by atoms with E-state index < -0.39 is 17.9 Å². The van der Waals surface area contributed by atoms with Crippen molar-refractivity contribution in [3.05, 3.63) is 28.8 Å². The lowest BCUT2D eigenvalue weighted by Gasteiger charge is -2.08. The number of halogens is 4. The van der Waals surface area contributed by atoms with E-state index in [9.17, 15) is 18.0 Å². The van der Waals surface area contributed by atoms with E-state index in [1.165, 1.54) is 0 Å². The number of carbonyl (C=O) groups is 1. The molecular weight excluding hydrogens is 263 g/mol. The minimum absolute atomic E-state index is 0.0137. The molecule has 14 heavy (non-hydrogen) atoms. The Morgan fingerprint density at radius 2 is 2.21 bits per heavy atom. The first kappa shape index (κ1) is 11.2. The van der Waals surface area contributed by atoms with Crippen LogP contribution in [-0.4, -0.2) is 11.3 Å². The van der Waals surface area contributed by atoms with Crippen LogP contribution < -0.4 is 0 Å². The first-order chi connectivity index (χ1) is 6.61. The molecule has 0 aromatic carbocycles. The summed E-state index contributed by atoms with van der Waals surface area (Å²) in [6.07, 6.45) is -1.67. The van der Waals surface area contributed by atoms with E-state index in [0.717, 1.165) is 6.20 Å². The molecule has 0 amide bonds. The summed E-state index contributed by atoms with van der Waals surface area (Å²) in [5, 5.41) is -0.0137. The molecule has 1 aromatic rings. The van der Waals surface area contributed by atoms with Crippen molar-refractivity contribution in [2.24, 2.45) is 0 Å². The van der Waals surface area contributed by atoms with Crippen molar-refractivity contribution < 1.29 is 18.0 Å². The topological polar surface area (TPSA) is 30.0 Å². The molecule has 0 atom stereocenters. The van der Waals surface area contributed by atoms with Crippen LogP contribution in [0.25, 0.3) is 0 Å². The highest BCUT2D eigenvalue weighted by atomic mass is 79.9. The Morgan fingerprint density at radius 3 is 2.64 bits per heavy atom. The van der Waals surface area contributed by atoms with Crippen molar-refractivity contribution >= 4 is 22.2 Å². The highest BCUT2D eigenvalue weighted by Gasteiger charge is 2.21. The Labute approximate surface area is 86.3 Å². The normalized spacial score (nSPS) is 10.6. The zero-order valence-corrected chi connectivity index (χ0v) is 8.39. The molecule has 0 spiro atoms. The summed E-state index contributed by atoms with van der Waals surface area (Å²) in [7, 11) is 0. The van der Waals surface area contributed by atoms with Crippen LogP contribution in [-0.2, 0) is 5.33 Å². The highest BCUT2D eigenvalue weighted by molar-refractivity contribution is 9.08. The van der Waals surface area contributed by atoms with Gasteiger partial charge in [0, 0.05) is 17.1 Å². The lowest BCUT2D eigenvalue weighted by atomic mass is 10.1. The Kier molecular flexibility index (Phi) is 3.62. The molecule has 2 nitrogen and oxygen atoms in total. The quantitative estimate of drug-likeness (QED) is 0.479. The minimum atomic E-state index is -2.98. The fraction of sp³-hybridized carbons (Fsp3) is 0.250. The van der Waals surface area contributed by atoms with Crippen LogP contribution in [0.5, 0.6) is 0 Å². The third kappa shape index (κ3) is 1.95. The maximum Gasteiger partial charge on any atom is 0.268 e. The molecule has 0 N–H and O–H groups in total. The molecule has 0 aliphatic heterocycles. The smallest absolute Gasteiger partial charge is 0.268 e. The number of pyridine rings is 1. The zero-order valence-electron chi connectivity index (χ0n) is 6.81. The Hall–Kier alpha value is -0.910. The summed E-state index contributed by atoms with van der Waals surface area (Å²) in [4.78, 5) is 13.5. The molecular formula is C8H5BrF3NO. The van der Waals surface area contributed by atoms with Gasteiger partial charge in [-0.1, -0.05) is 15.9 Å². The molecule has 1 aromatic heterocycles. The molecule has 0 aliphatic rings. The van der Waals surface area contributed by atoms with E-state index in [2.05, 4.69) is 20.9 Å². The summed E-state index contributed by atoms with van der Waals surface area (Å²) < 4.78 is 37.6. The number of carbonyl (C=O) groups excluding carboxylic acids is 1. The number of aldehydes is 1. The fourth-order valence-electron chi connectivity index (χ4n) is 1.03. The lowest BCUT2D eigenvalue weighted by Crippen LogP contribution is -2.04. The number of aromatic nitrogens is 1. The van der Waals surface area contributed by atoms with Gasteiger partial charge in [0.2, 0.25) is 5.95 Å². The molecule has 1 heterocycles. The summed E-state index contributed by atoms with van der Waals surface area (Å²) in [6, 6.07) is 0. The second-order valence-corrected chi connectivity index (χ2v) is 3.01. The third-order valence-corrected chi connectivity index (χ3v) is 2.25. The van der Waals surface area contributed by atoms with Crippen molar-refractivity contribution in [1.29, 1.82) is 0 Å². The second-order valence-electron chi connectivity index (χ2n) is 2.45. The first-order valence-corrected chi connectivity index (χ1v) is 4.70. The zero-order chi connectivity index (χ0) is 10.7. The average Bonchev–Trinajstić information content (AvgIpc) is 2.16. The van der Waals surface area contributed by atoms with Crippen molar-refractivity contribution in [2.75, 3.05) is 0 Å². The SMILES string of the molecule is O=Cc1cnc(F)c(C(F)F)c1CBr. The largest absolute Gasteiger partial charge is 0.298 e. The van der Waals surface area contributed by atoms with Crippen LogP contribution in [0, 0.1) is 5.95 Å². The van der Waals surface area contributed by atoms with Crippen LogP contribution in [0.4, 0.5) is 13.2 Å². The van der Waals surface area contributed by atoms with E-state index in [1.807, 2.05) is 0 Å². The second kappa shape index (κ2) is 4.54. The van der Waals surface area contributed by atoms with Crippen molar-refractivity contribution in [3.63, 3.8) is 0 Å². The Morgan fingerprint density at radius 1 is 1.57 bits per heavy atom. The number of rotatable bonds is 3. The van der Waals surface area contributed by atoms with Crippen LogP contribution in [0.3, 0.4) is 0 Å². The van der Waals surface area contributed by atoms with Crippen LogP contribution in [0.2, 0.25) is 0 Å². The number of hydrogen-bond donors (Lipinski definition) is 0. The predicted molar refractivity (Wildman–Crippen MR) is 47.2 cm³/mol. The number of nitrogens with zero attached hydrogens (tertiary/aromatic N) is 1. The molecule has 1 rings (SSSR count). The molecule has 0 unspecified atom stereocenters. The fourth-order valence-corrected chi connectivity index (χ4v) is 1.65. The van der Waals surface area contributed by atoms with Gasteiger partial charge < -0.3 is 0 Å². The minimum Gasteiger partial charge on any atom is -0.298 e. The first-order valence-electron chi connectivity index (χ1n) is 3.58. The van der Waals surface area contributed by atoms with E-state index in [4.69, 9.17) is 0 Å². The van der Waals surface area contributed by atoms with Crippen LogP contribution >= 0.6 is 15.9 Å². The predicted octanol–water partition coefficient (Wildman–Crippen LogP) is 2.87. The van der Waals surface area contributed by atoms with E-state index in [1.54, 1.807) is 0 Å². The van der Waals surface area contributed by atoms with E-state index >= 15 is 0 Å². The van der Waals surface area contributed by atoms with Gasteiger partial charge in [0.25, 0.3) is 6.43 Å². The van der Waals surface area contributed by atoms with Gasteiger partial charge in [-0.05, 0) is 5.56 Å². The average molecular weight is 268 g/mol. The summed E-state index contributed by atoms with van der Waals surface area (Å²) in [6.45, 7) is 0. The van der Waals surface area contributed by atoms with Gasteiger partial charge in [0.1, 0.15) is 0 Å². The van der Waals surface area contributed by atoms with Crippen molar-refractivity contribution in [3.8, 4) is 0 Å². The van der Waals surface area contributed by atoms with Crippen LogP contribution in [0.15, 0.2) is 6.20 Å². The molecule has 0 fully saturated rings. The number of alkyl halides is 3. The van der Waals surface area contributed by atoms with Gasteiger partial charge in [0.15, 0.2) is 6.29 Å². The van der Waals surface area contributed by atoms with Gasteiger partial charge in [0.05, 0.1) is 5.56 Å². The summed E-state index contributed by atoms with van der Waals surface area (Å²) in [5.74, 6) is -1.24. The van der Waals surface area contributed by atoms with Crippen LogP contribution in [0.1, 0.15) is 27.9 Å². The molecule has 0 radical (unpaired) electrons. The van der Waals surface area contributed by atoms with Gasteiger partial charge in [-0.3, -0.25) is 4.79 Å². The van der Waals surface area contributed by atoms with Gasteiger partial charge in [-0.15, -0.1) is 0 Å². The monoisotopic (exact) mass is 267 g/mol. The van der Waals surface area contributed by atoms with Gasteiger partial charge in [-0.25, -0.2) is 13.8 Å². The molecule has 0 aliphatic carbocycles. The molecule has 0 saturated heterocycles. The summed E-state index contributed by atoms with van der Waals surface area (Å²) >= 11 is 2.92.